The van der Waals surface area contributed by atoms with Crippen molar-refractivity contribution in [3.05, 3.63) is 10.4 Å². The van der Waals surface area contributed by atoms with Gasteiger partial charge >= 0.3 is 0 Å². The van der Waals surface area contributed by atoms with Crippen molar-refractivity contribution in [3.8, 4) is 0 Å². The van der Waals surface area contributed by atoms with Crippen LogP contribution in [0.1, 0.15) is 6.92 Å². The van der Waals surface area contributed by atoms with Crippen LogP contribution in [0.25, 0.3) is 0 Å². The highest BCUT2D eigenvalue weighted by atomic mass is 35.5. The fraction of sp³-hybridized carbons (Fsp3) is 0.667. The van der Waals surface area contributed by atoms with Crippen molar-refractivity contribution in [2.45, 2.75) is 19.1 Å². The lowest BCUT2D eigenvalue weighted by molar-refractivity contribution is -0.0423. The summed E-state index contributed by atoms with van der Waals surface area (Å²) in [6.07, 6.45) is -0.283. The number of hydrogen-bond acceptors (Lipinski definition) is 6. The summed E-state index contributed by atoms with van der Waals surface area (Å²) in [6, 6.07) is 0. The van der Waals surface area contributed by atoms with E-state index < -0.39 is 0 Å². The molecule has 0 aromatic carbocycles. The second-order valence-electron chi connectivity index (χ2n) is 3.85. The number of aliphatic hydroxyl groups is 1. The van der Waals surface area contributed by atoms with Gasteiger partial charge in [0, 0.05) is 13.1 Å². The van der Waals surface area contributed by atoms with Crippen LogP contribution < -0.4 is 4.90 Å². The number of ether oxygens (including phenoxy) is 1. The maximum absolute atomic E-state index is 9.14. The van der Waals surface area contributed by atoms with Crippen LogP contribution in [-0.2, 0) is 4.74 Å². The highest BCUT2D eigenvalue weighted by Gasteiger charge is 2.27. The summed E-state index contributed by atoms with van der Waals surface area (Å²) in [5.74, 6) is 0.472. The minimum absolute atomic E-state index is 0.0225. The van der Waals surface area contributed by atoms with Crippen LogP contribution >= 0.6 is 23.2 Å². The summed E-state index contributed by atoms with van der Waals surface area (Å²) >= 11 is 11.6. The van der Waals surface area contributed by atoms with Crippen LogP contribution in [0.3, 0.4) is 0 Å². The Morgan fingerprint density at radius 1 is 1.41 bits per heavy atom. The van der Waals surface area contributed by atoms with Crippen LogP contribution in [0.15, 0.2) is 0 Å². The molecule has 94 valence electrons. The van der Waals surface area contributed by atoms with Gasteiger partial charge in [-0.2, -0.15) is 4.98 Å². The van der Waals surface area contributed by atoms with E-state index in [1.807, 2.05) is 11.8 Å². The first-order valence-electron chi connectivity index (χ1n) is 5.17. The van der Waals surface area contributed by atoms with E-state index in [2.05, 4.69) is 15.2 Å². The first-order chi connectivity index (χ1) is 8.10. The Morgan fingerprint density at radius 3 is 2.88 bits per heavy atom. The van der Waals surface area contributed by atoms with E-state index in [0.717, 1.165) is 0 Å². The number of morpholine rings is 1. The second kappa shape index (κ2) is 5.30. The highest BCUT2D eigenvalue weighted by Crippen LogP contribution is 2.24. The van der Waals surface area contributed by atoms with Gasteiger partial charge < -0.3 is 14.7 Å². The van der Waals surface area contributed by atoms with Gasteiger partial charge in [-0.3, -0.25) is 0 Å². The molecule has 1 aliphatic heterocycles. The van der Waals surface area contributed by atoms with Crippen molar-refractivity contribution in [3.63, 3.8) is 0 Å². The number of aromatic nitrogens is 3. The van der Waals surface area contributed by atoms with E-state index >= 15 is 0 Å². The molecule has 1 saturated heterocycles. The van der Waals surface area contributed by atoms with Gasteiger partial charge in [0.15, 0.2) is 11.0 Å². The largest absolute Gasteiger partial charge is 0.394 e. The van der Waals surface area contributed by atoms with Crippen molar-refractivity contribution in [2.24, 2.45) is 0 Å². The van der Waals surface area contributed by atoms with Crippen LogP contribution in [0.4, 0.5) is 5.82 Å². The zero-order chi connectivity index (χ0) is 12.4. The molecule has 1 fully saturated rings. The molecule has 2 unspecified atom stereocenters. The van der Waals surface area contributed by atoms with E-state index in [-0.39, 0.29) is 29.3 Å². The van der Waals surface area contributed by atoms with Crippen LogP contribution in [0, 0.1) is 0 Å². The molecule has 2 heterocycles. The van der Waals surface area contributed by atoms with Gasteiger partial charge in [-0.15, -0.1) is 10.2 Å². The normalized spacial score (nSPS) is 25.1. The summed E-state index contributed by atoms with van der Waals surface area (Å²) in [6.45, 7) is 2.98. The van der Waals surface area contributed by atoms with Crippen LogP contribution in [0.2, 0.25) is 10.4 Å². The number of rotatable bonds is 2. The van der Waals surface area contributed by atoms with Gasteiger partial charge in [-0.05, 0) is 18.5 Å². The third-order valence-corrected chi connectivity index (χ3v) is 2.84. The van der Waals surface area contributed by atoms with E-state index in [0.29, 0.717) is 18.9 Å². The van der Waals surface area contributed by atoms with Crippen molar-refractivity contribution in [2.75, 3.05) is 24.6 Å². The SMILES string of the molecule is CC1CN(c2nc(Cl)nnc2Cl)CC(CO)O1. The number of anilines is 1. The topological polar surface area (TPSA) is 71.4 Å². The molecule has 1 aromatic rings. The summed E-state index contributed by atoms with van der Waals surface area (Å²) in [5.41, 5.74) is 0. The molecule has 0 amide bonds. The lowest BCUT2D eigenvalue weighted by Crippen LogP contribution is -2.48. The number of halogens is 2. The van der Waals surface area contributed by atoms with E-state index in [9.17, 15) is 0 Å². The van der Waals surface area contributed by atoms with Crippen molar-refractivity contribution in [1.82, 2.24) is 15.2 Å². The molecule has 17 heavy (non-hydrogen) atoms. The molecule has 0 bridgehead atoms. The summed E-state index contributed by atoms with van der Waals surface area (Å²) in [5, 5.41) is 16.6. The number of hydrogen-bond donors (Lipinski definition) is 1. The first-order valence-corrected chi connectivity index (χ1v) is 5.92. The minimum Gasteiger partial charge on any atom is -0.394 e. The fourth-order valence-electron chi connectivity index (χ4n) is 1.81. The Hall–Kier alpha value is -0.690. The summed E-state index contributed by atoms with van der Waals surface area (Å²) in [4.78, 5) is 5.94. The van der Waals surface area contributed by atoms with Crippen LogP contribution in [0.5, 0.6) is 0 Å². The molecule has 0 radical (unpaired) electrons. The standard InChI is InChI=1S/C9H12Cl2N4O2/c1-5-2-15(3-6(4-16)17-5)8-7(10)13-14-9(11)12-8/h5-6,16H,2-4H2,1H3. The average molecular weight is 279 g/mol. The smallest absolute Gasteiger partial charge is 0.245 e. The average Bonchev–Trinajstić information content (AvgIpc) is 2.31. The highest BCUT2D eigenvalue weighted by molar-refractivity contribution is 6.32. The Morgan fingerprint density at radius 2 is 2.18 bits per heavy atom. The molecular formula is C9H12Cl2N4O2. The van der Waals surface area contributed by atoms with Gasteiger partial charge in [0.25, 0.3) is 0 Å². The first kappa shape index (κ1) is 12.8. The number of aliphatic hydroxyl groups excluding tert-OH is 1. The van der Waals surface area contributed by atoms with Gasteiger partial charge in [-0.25, -0.2) is 0 Å². The van der Waals surface area contributed by atoms with Crippen molar-refractivity contribution < 1.29 is 9.84 Å². The maximum Gasteiger partial charge on any atom is 0.245 e. The third kappa shape index (κ3) is 2.95. The molecule has 6 nitrogen and oxygen atoms in total. The zero-order valence-electron chi connectivity index (χ0n) is 9.18. The quantitative estimate of drug-likeness (QED) is 0.862. The number of nitrogens with zero attached hydrogens (tertiary/aromatic N) is 4. The Bertz CT molecular complexity index is 407. The van der Waals surface area contributed by atoms with Gasteiger partial charge in [-0.1, -0.05) is 11.6 Å². The third-order valence-electron chi connectivity index (χ3n) is 2.43. The van der Waals surface area contributed by atoms with E-state index in [1.165, 1.54) is 0 Å². The zero-order valence-corrected chi connectivity index (χ0v) is 10.7. The van der Waals surface area contributed by atoms with Crippen LogP contribution in [-0.4, -0.2) is 52.2 Å². The summed E-state index contributed by atoms with van der Waals surface area (Å²) < 4.78 is 5.53. The Labute approximate surface area is 109 Å². The molecule has 1 N–H and O–H groups in total. The minimum atomic E-state index is -0.261. The predicted octanol–water partition coefficient (Wildman–Crippen LogP) is 0.764. The van der Waals surface area contributed by atoms with E-state index in [1.54, 1.807) is 0 Å². The van der Waals surface area contributed by atoms with Gasteiger partial charge in [0.2, 0.25) is 5.28 Å². The predicted molar refractivity (Wildman–Crippen MR) is 63.5 cm³/mol. The monoisotopic (exact) mass is 278 g/mol. The van der Waals surface area contributed by atoms with Gasteiger partial charge in [0.05, 0.1) is 18.8 Å². The lowest BCUT2D eigenvalue weighted by atomic mass is 10.2. The molecule has 0 spiro atoms. The Balaban J connectivity index is 2.23. The maximum atomic E-state index is 9.14. The molecule has 1 aromatic heterocycles. The second-order valence-corrected chi connectivity index (χ2v) is 4.55. The van der Waals surface area contributed by atoms with E-state index in [4.69, 9.17) is 33.0 Å². The molecule has 8 heteroatoms. The fourth-order valence-corrected chi connectivity index (χ4v) is 2.12. The Kier molecular flexibility index (Phi) is 3.98. The molecule has 2 atom stereocenters. The van der Waals surface area contributed by atoms with Gasteiger partial charge in [0.1, 0.15) is 0 Å². The molecule has 0 saturated carbocycles. The molecule has 0 aliphatic carbocycles. The van der Waals surface area contributed by atoms with Crippen molar-refractivity contribution >= 4 is 29.0 Å². The lowest BCUT2D eigenvalue weighted by Gasteiger charge is -2.36. The summed E-state index contributed by atoms with van der Waals surface area (Å²) in [7, 11) is 0. The molecular weight excluding hydrogens is 267 g/mol. The van der Waals surface area contributed by atoms with Crippen molar-refractivity contribution in [1.29, 1.82) is 0 Å². The molecule has 1 aliphatic rings. The molecule has 2 rings (SSSR count).